The van der Waals surface area contributed by atoms with E-state index in [4.69, 9.17) is 27.5 Å². The molecular formula is C15H32O6Si. The van der Waals surface area contributed by atoms with E-state index in [-0.39, 0.29) is 0 Å². The van der Waals surface area contributed by atoms with Crippen LogP contribution in [0.4, 0.5) is 0 Å². The van der Waals surface area contributed by atoms with Gasteiger partial charge in [0.2, 0.25) is 0 Å². The van der Waals surface area contributed by atoms with Crippen molar-refractivity contribution in [1.29, 1.82) is 0 Å². The Kier molecular flexibility index (Phi) is 10.5. The Morgan fingerprint density at radius 1 is 0.864 bits per heavy atom. The zero-order valence-electron chi connectivity index (χ0n) is 14.6. The second kappa shape index (κ2) is 11.5. The summed E-state index contributed by atoms with van der Waals surface area (Å²) >= 11 is 0. The third-order valence-corrected chi connectivity index (χ3v) is 4.78. The molecule has 7 heteroatoms. The first-order chi connectivity index (χ1) is 10.7. The van der Waals surface area contributed by atoms with Crippen molar-refractivity contribution in [2.75, 3.05) is 34.5 Å². The van der Waals surface area contributed by atoms with E-state index in [0.717, 1.165) is 38.9 Å². The van der Waals surface area contributed by atoms with Crippen molar-refractivity contribution >= 4 is 9.53 Å². The maximum Gasteiger partial charge on any atom is 0.483 e. The molecule has 2 fully saturated rings. The van der Waals surface area contributed by atoms with Crippen LogP contribution in [0.25, 0.3) is 0 Å². The minimum absolute atomic E-state index is 0.302. The lowest BCUT2D eigenvalue weighted by atomic mass is 10.1. The summed E-state index contributed by atoms with van der Waals surface area (Å²) in [7, 11) is 3.05. The Morgan fingerprint density at radius 3 is 1.41 bits per heavy atom. The number of epoxide rings is 2. The minimum atomic E-state index is -1.67. The smallest absolute Gasteiger partial charge is 0.379 e. The van der Waals surface area contributed by atoms with E-state index in [2.05, 4.69) is 13.8 Å². The first kappa shape index (κ1) is 20.0. The summed E-state index contributed by atoms with van der Waals surface area (Å²) < 4.78 is 31.0. The first-order valence-electron chi connectivity index (χ1n) is 8.17. The standard InChI is InChI=1S/C12H22O3.C3H10O3Si/c1-3-5-9(11-7-13-11)15-10(6-4-2)12-8-14-12;1-4-7(5-2)6-3/h9-12H,3-8H2,1-2H3;7H,1-3H3. The van der Waals surface area contributed by atoms with Crippen LogP contribution in [0, 0.1) is 0 Å². The van der Waals surface area contributed by atoms with E-state index >= 15 is 0 Å². The van der Waals surface area contributed by atoms with Gasteiger partial charge in [0.25, 0.3) is 0 Å². The predicted octanol–water partition coefficient (Wildman–Crippen LogP) is 1.78. The van der Waals surface area contributed by atoms with Crippen LogP contribution in [0.3, 0.4) is 0 Å². The van der Waals surface area contributed by atoms with Crippen LogP contribution in [-0.4, -0.2) is 68.5 Å². The van der Waals surface area contributed by atoms with Gasteiger partial charge in [-0.1, -0.05) is 26.7 Å². The molecule has 2 saturated heterocycles. The Labute approximate surface area is 136 Å². The zero-order chi connectivity index (χ0) is 16.4. The fourth-order valence-electron chi connectivity index (χ4n) is 2.31. The highest BCUT2D eigenvalue weighted by Gasteiger charge is 2.39. The van der Waals surface area contributed by atoms with Crippen LogP contribution < -0.4 is 0 Å². The number of hydrogen-bond acceptors (Lipinski definition) is 6. The largest absolute Gasteiger partial charge is 0.483 e. The molecule has 0 aromatic heterocycles. The topological polar surface area (TPSA) is 62.0 Å². The minimum Gasteiger partial charge on any atom is -0.379 e. The molecule has 6 nitrogen and oxygen atoms in total. The molecule has 2 aliphatic heterocycles. The van der Waals surface area contributed by atoms with Gasteiger partial charge in [0.15, 0.2) is 0 Å². The van der Waals surface area contributed by atoms with Crippen molar-refractivity contribution in [2.24, 2.45) is 0 Å². The molecule has 2 heterocycles. The molecule has 0 amide bonds. The normalized spacial score (nSPS) is 25.4. The van der Waals surface area contributed by atoms with Gasteiger partial charge in [0.05, 0.1) is 25.4 Å². The quantitative estimate of drug-likeness (QED) is 0.423. The summed E-state index contributed by atoms with van der Waals surface area (Å²) in [6.07, 6.45) is 5.87. The highest BCUT2D eigenvalue weighted by Crippen LogP contribution is 2.28. The summed E-state index contributed by atoms with van der Waals surface area (Å²) in [5, 5.41) is 0. The van der Waals surface area contributed by atoms with Crippen molar-refractivity contribution in [3.8, 4) is 0 Å². The van der Waals surface area contributed by atoms with Crippen molar-refractivity contribution in [3.63, 3.8) is 0 Å². The molecule has 4 unspecified atom stereocenters. The first-order valence-corrected chi connectivity index (χ1v) is 9.58. The fourth-order valence-corrected chi connectivity index (χ4v) is 2.88. The lowest BCUT2D eigenvalue weighted by Crippen LogP contribution is -2.30. The predicted molar refractivity (Wildman–Crippen MR) is 86.1 cm³/mol. The molecule has 0 bridgehead atoms. The molecule has 0 aliphatic carbocycles. The highest BCUT2D eigenvalue weighted by atomic mass is 28.3. The Balaban J connectivity index is 0.000000295. The third kappa shape index (κ3) is 8.01. The molecule has 0 aromatic rings. The van der Waals surface area contributed by atoms with E-state index in [0.29, 0.717) is 24.4 Å². The Hall–Kier alpha value is -0.0231. The molecule has 0 radical (unpaired) electrons. The monoisotopic (exact) mass is 336 g/mol. The van der Waals surface area contributed by atoms with Gasteiger partial charge in [0.1, 0.15) is 12.2 Å². The van der Waals surface area contributed by atoms with E-state index < -0.39 is 9.53 Å². The highest BCUT2D eigenvalue weighted by molar-refractivity contribution is 6.36. The van der Waals surface area contributed by atoms with Crippen molar-refractivity contribution in [1.82, 2.24) is 0 Å². The van der Waals surface area contributed by atoms with Gasteiger partial charge in [-0.3, -0.25) is 0 Å². The van der Waals surface area contributed by atoms with Gasteiger partial charge in [-0.2, -0.15) is 0 Å². The third-order valence-electron chi connectivity index (χ3n) is 3.62. The van der Waals surface area contributed by atoms with Gasteiger partial charge < -0.3 is 27.5 Å². The van der Waals surface area contributed by atoms with Gasteiger partial charge in [0, 0.05) is 21.3 Å². The molecule has 0 N–H and O–H groups in total. The van der Waals surface area contributed by atoms with E-state index in [9.17, 15) is 0 Å². The number of hydrogen-bond donors (Lipinski definition) is 0. The summed E-state index contributed by atoms with van der Waals surface area (Å²) in [4.78, 5) is 0. The maximum atomic E-state index is 6.13. The second-order valence-corrected chi connectivity index (χ2v) is 7.52. The fraction of sp³-hybridized carbons (Fsp3) is 1.00. The molecule has 4 atom stereocenters. The molecule has 2 aliphatic rings. The van der Waals surface area contributed by atoms with E-state index in [1.807, 2.05) is 0 Å². The van der Waals surface area contributed by atoms with Crippen LogP contribution in [0.1, 0.15) is 39.5 Å². The van der Waals surface area contributed by atoms with Crippen molar-refractivity contribution in [3.05, 3.63) is 0 Å². The molecule has 22 heavy (non-hydrogen) atoms. The molecule has 132 valence electrons. The Morgan fingerprint density at radius 2 is 1.23 bits per heavy atom. The molecule has 0 saturated carbocycles. The number of ether oxygens (including phenoxy) is 3. The average molecular weight is 337 g/mol. The van der Waals surface area contributed by atoms with Crippen LogP contribution in [-0.2, 0) is 27.5 Å². The summed E-state index contributed by atoms with van der Waals surface area (Å²) in [5.41, 5.74) is 0. The van der Waals surface area contributed by atoms with Crippen LogP contribution in [0.15, 0.2) is 0 Å². The van der Waals surface area contributed by atoms with Crippen LogP contribution in [0.2, 0.25) is 0 Å². The van der Waals surface area contributed by atoms with E-state index in [1.165, 1.54) is 0 Å². The van der Waals surface area contributed by atoms with Crippen molar-refractivity contribution < 1.29 is 27.5 Å². The zero-order valence-corrected chi connectivity index (χ0v) is 15.7. The van der Waals surface area contributed by atoms with E-state index in [1.54, 1.807) is 21.3 Å². The summed E-state index contributed by atoms with van der Waals surface area (Å²) in [6, 6.07) is 0. The molecule has 2 rings (SSSR count). The average Bonchev–Trinajstić information content (AvgIpc) is 3.42. The van der Waals surface area contributed by atoms with Gasteiger partial charge >= 0.3 is 9.53 Å². The van der Waals surface area contributed by atoms with Gasteiger partial charge in [-0.15, -0.1) is 0 Å². The summed E-state index contributed by atoms with van der Waals surface area (Å²) in [6.45, 7) is 6.16. The van der Waals surface area contributed by atoms with Gasteiger partial charge in [-0.25, -0.2) is 0 Å². The van der Waals surface area contributed by atoms with Gasteiger partial charge in [-0.05, 0) is 12.8 Å². The molecule has 0 aromatic carbocycles. The van der Waals surface area contributed by atoms with Crippen molar-refractivity contribution in [2.45, 2.75) is 63.9 Å². The maximum absolute atomic E-state index is 6.13. The lowest BCUT2D eigenvalue weighted by molar-refractivity contribution is -0.0454. The SMILES string of the molecule is CCCC(OC(CCC)C1CO1)C1CO1.CO[SiH](OC)OC. The lowest BCUT2D eigenvalue weighted by Gasteiger charge is -2.22. The Bertz CT molecular complexity index is 243. The van der Waals surface area contributed by atoms with Crippen LogP contribution in [0.5, 0.6) is 0 Å². The number of rotatable bonds is 11. The second-order valence-electron chi connectivity index (χ2n) is 5.53. The van der Waals surface area contributed by atoms with Crippen LogP contribution >= 0.6 is 0 Å². The molecule has 0 spiro atoms. The summed E-state index contributed by atoms with van der Waals surface area (Å²) in [5.74, 6) is 0. The molecular weight excluding hydrogens is 304 g/mol.